The third kappa shape index (κ3) is 2.16. The van der Waals surface area contributed by atoms with E-state index in [4.69, 9.17) is 28.9 Å². The second kappa shape index (κ2) is 3.23. The Labute approximate surface area is 81.5 Å². The summed E-state index contributed by atoms with van der Waals surface area (Å²) in [6, 6.07) is 0.916. The Morgan fingerprint density at radius 3 is 2.31 bits per heavy atom. The number of nitrogens with zero attached hydrogens (tertiary/aromatic N) is 1. The highest BCUT2D eigenvalue weighted by Crippen LogP contribution is 2.35. The standard InChI is InChI=1S/C6H3Cl2F3N2/c7-2-1-3(12)5(8)13-4(2)6(9,10)11/h1H,12H2. The SMILES string of the molecule is Nc1cc(Cl)c(C(F)(F)F)nc1Cl. The molecule has 0 saturated carbocycles. The first-order valence-corrected chi connectivity index (χ1v) is 3.76. The highest BCUT2D eigenvalue weighted by molar-refractivity contribution is 6.34. The van der Waals surface area contributed by atoms with Crippen molar-refractivity contribution >= 4 is 28.9 Å². The average Bonchev–Trinajstić information content (AvgIpc) is 1.94. The third-order valence-corrected chi connectivity index (χ3v) is 1.82. The van der Waals surface area contributed by atoms with E-state index in [1.807, 2.05) is 0 Å². The van der Waals surface area contributed by atoms with Crippen molar-refractivity contribution in [1.29, 1.82) is 0 Å². The summed E-state index contributed by atoms with van der Waals surface area (Å²) in [6.45, 7) is 0. The van der Waals surface area contributed by atoms with E-state index >= 15 is 0 Å². The van der Waals surface area contributed by atoms with Crippen LogP contribution in [0.2, 0.25) is 10.2 Å². The van der Waals surface area contributed by atoms with Gasteiger partial charge in [-0.15, -0.1) is 0 Å². The van der Waals surface area contributed by atoms with Gasteiger partial charge in [0.05, 0.1) is 10.7 Å². The summed E-state index contributed by atoms with van der Waals surface area (Å²) in [5.41, 5.74) is 3.87. The molecule has 2 nitrogen and oxygen atoms in total. The minimum absolute atomic E-state index is 0.0836. The number of nitrogen functional groups attached to an aromatic ring is 1. The van der Waals surface area contributed by atoms with Crippen LogP contribution in [0, 0.1) is 0 Å². The monoisotopic (exact) mass is 230 g/mol. The van der Waals surface area contributed by atoms with Gasteiger partial charge >= 0.3 is 6.18 Å². The van der Waals surface area contributed by atoms with Crippen LogP contribution in [0.5, 0.6) is 0 Å². The molecule has 1 heterocycles. The van der Waals surface area contributed by atoms with E-state index in [1.54, 1.807) is 0 Å². The molecule has 1 rings (SSSR count). The van der Waals surface area contributed by atoms with Crippen LogP contribution in [0.4, 0.5) is 18.9 Å². The first-order valence-electron chi connectivity index (χ1n) is 3.01. The van der Waals surface area contributed by atoms with Crippen LogP contribution in [0.3, 0.4) is 0 Å². The lowest BCUT2D eigenvalue weighted by Gasteiger charge is -2.08. The number of rotatable bonds is 0. The van der Waals surface area contributed by atoms with Crippen molar-refractivity contribution in [1.82, 2.24) is 4.98 Å². The Hall–Kier alpha value is -0.680. The molecule has 0 radical (unpaired) electrons. The second-order valence-corrected chi connectivity index (χ2v) is 2.96. The van der Waals surface area contributed by atoms with Gasteiger partial charge in [-0.05, 0) is 6.07 Å². The van der Waals surface area contributed by atoms with Crippen LogP contribution >= 0.6 is 23.2 Å². The number of hydrogen-bond donors (Lipinski definition) is 1. The van der Waals surface area contributed by atoms with Crippen LogP contribution in [0.1, 0.15) is 5.69 Å². The van der Waals surface area contributed by atoms with Gasteiger partial charge in [0, 0.05) is 0 Å². The molecule has 0 saturated heterocycles. The number of aromatic nitrogens is 1. The second-order valence-electron chi connectivity index (χ2n) is 2.20. The number of nitrogens with two attached hydrogens (primary N) is 1. The van der Waals surface area contributed by atoms with Crippen molar-refractivity contribution in [3.8, 4) is 0 Å². The molecule has 13 heavy (non-hydrogen) atoms. The maximum absolute atomic E-state index is 12.1. The summed E-state index contributed by atoms with van der Waals surface area (Å²) in [4.78, 5) is 3.03. The van der Waals surface area contributed by atoms with Crippen molar-refractivity contribution < 1.29 is 13.2 Å². The van der Waals surface area contributed by atoms with Gasteiger partial charge in [-0.1, -0.05) is 23.2 Å². The quantitative estimate of drug-likeness (QED) is 0.697. The third-order valence-electron chi connectivity index (χ3n) is 1.23. The molecule has 0 fully saturated rings. The zero-order valence-corrected chi connectivity index (χ0v) is 7.50. The van der Waals surface area contributed by atoms with Gasteiger partial charge in [-0.3, -0.25) is 0 Å². The van der Waals surface area contributed by atoms with Crippen molar-refractivity contribution in [2.24, 2.45) is 0 Å². The van der Waals surface area contributed by atoms with Crippen molar-refractivity contribution in [3.05, 3.63) is 21.9 Å². The maximum atomic E-state index is 12.1. The number of hydrogen-bond acceptors (Lipinski definition) is 2. The molecule has 0 atom stereocenters. The lowest BCUT2D eigenvalue weighted by Crippen LogP contribution is -2.09. The predicted molar refractivity (Wildman–Crippen MR) is 43.7 cm³/mol. The Balaban J connectivity index is 3.32. The van der Waals surface area contributed by atoms with Crippen LogP contribution in [0.15, 0.2) is 6.07 Å². The van der Waals surface area contributed by atoms with Gasteiger partial charge in [0.15, 0.2) is 10.8 Å². The van der Waals surface area contributed by atoms with Gasteiger partial charge in [-0.25, -0.2) is 4.98 Å². The number of pyridine rings is 1. The first-order chi connectivity index (χ1) is 5.82. The zero-order valence-electron chi connectivity index (χ0n) is 5.99. The lowest BCUT2D eigenvalue weighted by molar-refractivity contribution is -0.141. The van der Waals surface area contributed by atoms with E-state index in [9.17, 15) is 13.2 Å². The smallest absolute Gasteiger partial charge is 0.396 e. The Kier molecular flexibility index (Phi) is 2.58. The summed E-state index contributed by atoms with van der Waals surface area (Å²) in [5, 5.41) is -0.967. The molecule has 0 aromatic carbocycles. The lowest BCUT2D eigenvalue weighted by atomic mass is 10.3. The molecule has 72 valence electrons. The fourth-order valence-corrected chi connectivity index (χ4v) is 1.09. The van der Waals surface area contributed by atoms with Gasteiger partial charge in [0.2, 0.25) is 0 Å². The van der Waals surface area contributed by atoms with E-state index in [1.165, 1.54) is 0 Å². The molecule has 0 aliphatic heterocycles. The minimum atomic E-state index is -4.62. The summed E-state index contributed by atoms with van der Waals surface area (Å²) < 4.78 is 36.3. The average molecular weight is 231 g/mol. The fourth-order valence-electron chi connectivity index (χ4n) is 0.679. The zero-order chi connectivity index (χ0) is 10.2. The van der Waals surface area contributed by atoms with Crippen molar-refractivity contribution in [3.63, 3.8) is 0 Å². The van der Waals surface area contributed by atoms with Gasteiger partial charge in [0.1, 0.15) is 0 Å². The molecule has 0 spiro atoms. The van der Waals surface area contributed by atoms with Gasteiger partial charge in [-0.2, -0.15) is 13.2 Å². The molecule has 0 bridgehead atoms. The number of halogens is 5. The molecule has 2 N–H and O–H groups in total. The molecule has 0 amide bonds. The molecular formula is C6H3Cl2F3N2. The number of alkyl halides is 3. The summed E-state index contributed by atoms with van der Waals surface area (Å²) in [6.07, 6.45) is -4.62. The van der Waals surface area contributed by atoms with Crippen LogP contribution in [-0.2, 0) is 6.18 Å². The molecule has 1 aromatic heterocycles. The highest BCUT2D eigenvalue weighted by Gasteiger charge is 2.35. The minimum Gasteiger partial charge on any atom is -0.396 e. The van der Waals surface area contributed by atoms with E-state index in [-0.39, 0.29) is 5.69 Å². The van der Waals surface area contributed by atoms with Gasteiger partial charge in [0.25, 0.3) is 0 Å². The fraction of sp³-hybridized carbons (Fsp3) is 0.167. The van der Waals surface area contributed by atoms with Gasteiger partial charge < -0.3 is 5.73 Å². The molecule has 0 unspecified atom stereocenters. The summed E-state index contributed by atoms with van der Waals surface area (Å²) in [7, 11) is 0. The maximum Gasteiger partial charge on any atom is 0.434 e. The molecular weight excluding hydrogens is 228 g/mol. The van der Waals surface area contributed by atoms with Crippen molar-refractivity contribution in [2.75, 3.05) is 5.73 Å². The molecule has 1 aromatic rings. The van der Waals surface area contributed by atoms with Crippen molar-refractivity contribution in [2.45, 2.75) is 6.18 Å². The van der Waals surface area contributed by atoms with Crippen LogP contribution in [-0.4, -0.2) is 4.98 Å². The van der Waals surface area contributed by atoms with Crippen LogP contribution in [0.25, 0.3) is 0 Å². The van der Waals surface area contributed by atoms with E-state index in [0.29, 0.717) is 0 Å². The summed E-state index contributed by atoms with van der Waals surface area (Å²) >= 11 is 10.6. The Morgan fingerprint density at radius 1 is 1.31 bits per heavy atom. The molecule has 7 heteroatoms. The molecule has 0 aliphatic carbocycles. The van der Waals surface area contributed by atoms with E-state index in [0.717, 1.165) is 6.07 Å². The first kappa shape index (κ1) is 10.4. The predicted octanol–water partition coefficient (Wildman–Crippen LogP) is 2.99. The largest absolute Gasteiger partial charge is 0.434 e. The van der Waals surface area contributed by atoms with Crippen LogP contribution < -0.4 is 5.73 Å². The normalized spacial score (nSPS) is 11.8. The Morgan fingerprint density at radius 2 is 1.85 bits per heavy atom. The molecule has 0 aliphatic rings. The highest BCUT2D eigenvalue weighted by atomic mass is 35.5. The van der Waals surface area contributed by atoms with E-state index < -0.39 is 22.0 Å². The summed E-state index contributed by atoms with van der Waals surface area (Å²) in [5.74, 6) is 0. The van der Waals surface area contributed by atoms with E-state index in [2.05, 4.69) is 4.98 Å². The Bertz CT molecular complexity index is 337. The number of anilines is 1. The topological polar surface area (TPSA) is 38.9 Å².